The average molecular weight is 386 g/mol. The van der Waals surface area contributed by atoms with Crippen molar-refractivity contribution < 1.29 is 9.53 Å². The van der Waals surface area contributed by atoms with Crippen LogP contribution < -0.4 is 4.74 Å². The van der Waals surface area contributed by atoms with E-state index in [0.29, 0.717) is 12.5 Å². The van der Waals surface area contributed by atoms with E-state index in [1.54, 1.807) is 0 Å². The van der Waals surface area contributed by atoms with Crippen molar-refractivity contribution in [2.75, 3.05) is 20.1 Å². The summed E-state index contributed by atoms with van der Waals surface area (Å²) in [6, 6.07) is 26.0. The summed E-state index contributed by atoms with van der Waals surface area (Å²) in [5.74, 6) is 1.09. The van der Waals surface area contributed by atoms with Crippen LogP contribution in [0.2, 0.25) is 0 Å². The molecule has 0 amide bonds. The van der Waals surface area contributed by atoms with Crippen molar-refractivity contribution in [3.05, 3.63) is 90.0 Å². The van der Waals surface area contributed by atoms with E-state index in [-0.39, 0.29) is 5.78 Å². The van der Waals surface area contributed by atoms with Crippen molar-refractivity contribution in [1.29, 1.82) is 0 Å². The molecule has 3 aromatic carbocycles. The Bertz CT molecular complexity index is 925. The van der Waals surface area contributed by atoms with Gasteiger partial charge in [0.15, 0.2) is 5.78 Å². The third kappa shape index (κ3) is 5.12. The maximum Gasteiger partial charge on any atom is 0.167 e. The van der Waals surface area contributed by atoms with Crippen molar-refractivity contribution in [2.45, 2.75) is 25.4 Å². The number of carbonyl (C=O) groups is 1. The number of piperidine rings is 1. The minimum atomic E-state index is 0.147. The highest BCUT2D eigenvalue weighted by atomic mass is 16.5. The summed E-state index contributed by atoms with van der Waals surface area (Å²) in [6.07, 6.45) is 2.91. The van der Waals surface area contributed by atoms with Crippen LogP contribution in [0.3, 0.4) is 0 Å². The van der Waals surface area contributed by atoms with Crippen molar-refractivity contribution in [3.63, 3.8) is 0 Å². The Hall–Kier alpha value is -2.91. The Morgan fingerprint density at radius 1 is 0.862 bits per heavy atom. The van der Waals surface area contributed by atoms with Crippen LogP contribution in [0.1, 0.15) is 28.8 Å². The van der Waals surface area contributed by atoms with Crippen molar-refractivity contribution in [2.24, 2.45) is 0 Å². The molecule has 0 radical (unpaired) electrons. The van der Waals surface area contributed by atoms with Crippen LogP contribution in [0.25, 0.3) is 11.1 Å². The van der Waals surface area contributed by atoms with Crippen LogP contribution in [0, 0.1) is 0 Å². The van der Waals surface area contributed by atoms with E-state index >= 15 is 0 Å². The molecule has 148 valence electrons. The quantitative estimate of drug-likeness (QED) is 0.543. The summed E-state index contributed by atoms with van der Waals surface area (Å²) in [5, 5.41) is 0. The Labute approximate surface area is 172 Å². The molecule has 1 heterocycles. The van der Waals surface area contributed by atoms with E-state index in [9.17, 15) is 4.79 Å². The standard InChI is InChI=1S/C26H27NO2/c1-27-17-15-25(16-18-27)29-24-13-11-22(12-14-24)21-9-7-20(8-10-21)19-26(28)23-5-3-2-4-6-23/h2-14,25H,15-19H2,1H3. The second kappa shape index (κ2) is 9.06. The van der Waals surface area contributed by atoms with Crippen LogP contribution in [0.15, 0.2) is 78.9 Å². The lowest BCUT2D eigenvalue weighted by Gasteiger charge is -2.29. The molecule has 0 aliphatic carbocycles. The zero-order chi connectivity index (χ0) is 20.1. The van der Waals surface area contributed by atoms with E-state index in [1.165, 1.54) is 0 Å². The molecule has 0 N–H and O–H groups in total. The van der Waals surface area contributed by atoms with Gasteiger partial charge in [-0.25, -0.2) is 0 Å². The smallest absolute Gasteiger partial charge is 0.167 e. The average Bonchev–Trinajstić information content (AvgIpc) is 2.77. The highest BCUT2D eigenvalue weighted by molar-refractivity contribution is 5.97. The predicted molar refractivity (Wildman–Crippen MR) is 118 cm³/mol. The number of rotatable bonds is 6. The van der Waals surface area contributed by atoms with E-state index in [0.717, 1.165) is 53.9 Å². The highest BCUT2D eigenvalue weighted by Gasteiger charge is 2.17. The van der Waals surface area contributed by atoms with Gasteiger partial charge in [0.05, 0.1) is 0 Å². The van der Waals surface area contributed by atoms with Crippen molar-refractivity contribution in [3.8, 4) is 16.9 Å². The number of Topliss-reactive ketones (excluding diaryl/α,β-unsaturated/α-hetero) is 1. The fourth-order valence-corrected chi connectivity index (χ4v) is 3.75. The third-order valence-electron chi connectivity index (χ3n) is 5.57. The van der Waals surface area contributed by atoms with Gasteiger partial charge in [-0.3, -0.25) is 4.79 Å². The normalized spacial score (nSPS) is 15.2. The summed E-state index contributed by atoms with van der Waals surface area (Å²) < 4.78 is 6.14. The molecule has 3 heteroatoms. The summed E-state index contributed by atoms with van der Waals surface area (Å²) >= 11 is 0. The largest absolute Gasteiger partial charge is 0.490 e. The molecule has 0 unspecified atom stereocenters. The van der Waals surface area contributed by atoms with Gasteiger partial charge in [0, 0.05) is 25.1 Å². The number of nitrogens with zero attached hydrogens (tertiary/aromatic N) is 1. The maximum atomic E-state index is 12.4. The fraction of sp³-hybridized carbons (Fsp3) is 0.269. The summed E-state index contributed by atoms with van der Waals surface area (Å²) in [5.41, 5.74) is 4.09. The molecule has 1 fully saturated rings. The van der Waals surface area contributed by atoms with Crippen LogP contribution in [-0.2, 0) is 6.42 Å². The molecular formula is C26H27NO2. The number of carbonyl (C=O) groups excluding carboxylic acids is 1. The second-order valence-corrected chi connectivity index (χ2v) is 7.81. The topological polar surface area (TPSA) is 29.5 Å². The van der Waals surface area contributed by atoms with Crippen LogP contribution in [0.4, 0.5) is 0 Å². The van der Waals surface area contributed by atoms with Gasteiger partial charge in [-0.2, -0.15) is 0 Å². The number of ketones is 1. The predicted octanol–water partition coefficient (Wildman–Crippen LogP) is 5.25. The minimum absolute atomic E-state index is 0.147. The molecule has 1 aliphatic rings. The second-order valence-electron chi connectivity index (χ2n) is 7.81. The molecule has 0 bridgehead atoms. The summed E-state index contributed by atoms with van der Waals surface area (Å²) in [6.45, 7) is 2.20. The van der Waals surface area contributed by atoms with E-state index in [2.05, 4.69) is 48.3 Å². The number of ether oxygens (including phenoxy) is 1. The van der Waals surface area contributed by atoms with E-state index < -0.39 is 0 Å². The molecule has 3 aromatic rings. The molecule has 4 rings (SSSR count). The lowest BCUT2D eigenvalue weighted by Crippen LogP contribution is -2.35. The van der Waals surface area contributed by atoms with E-state index in [4.69, 9.17) is 4.74 Å². The molecule has 0 spiro atoms. The van der Waals surface area contributed by atoms with E-state index in [1.807, 2.05) is 42.5 Å². The number of likely N-dealkylation sites (tertiary alicyclic amines) is 1. The van der Waals surface area contributed by atoms with Gasteiger partial charge in [0.1, 0.15) is 11.9 Å². The van der Waals surface area contributed by atoms with Gasteiger partial charge < -0.3 is 9.64 Å². The zero-order valence-electron chi connectivity index (χ0n) is 16.9. The molecule has 1 aliphatic heterocycles. The van der Waals surface area contributed by atoms with Crippen molar-refractivity contribution >= 4 is 5.78 Å². The summed E-state index contributed by atoms with van der Waals surface area (Å²) in [7, 11) is 2.16. The molecule has 0 atom stereocenters. The number of benzene rings is 3. The first-order valence-electron chi connectivity index (χ1n) is 10.3. The fourth-order valence-electron chi connectivity index (χ4n) is 3.75. The number of hydrogen-bond acceptors (Lipinski definition) is 3. The third-order valence-corrected chi connectivity index (χ3v) is 5.57. The minimum Gasteiger partial charge on any atom is -0.490 e. The Balaban J connectivity index is 1.37. The molecule has 3 nitrogen and oxygen atoms in total. The van der Waals surface area contributed by atoms with Gasteiger partial charge in [-0.1, -0.05) is 66.7 Å². The lowest BCUT2D eigenvalue weighted by molar-refractivity contribution is 0.0993. The Kier molecular flexibility index (Phi) is 6.06. The lowest BCUT2D eigenvalue weighted by atomic mass is 9.99. The van der Waals surface area contributed by atoms with Gasteiger partial charge >= 0.3 is 0 Å². The van der Waals surface area contributed by atoms with Gasteiger partial charge in [0.2, 0.25) is 0 Å². The molecule has 1 saturated heterocycles. The maximum absolute atomic E-state index is 12.4. The molecular weight excluding hydrogens is 358 g/mol. The zero-order valence-corrected chi connectivity index (χ0v) is 16.9. The van der Waals surface area contributed by atoms with Crippen LogP contribution in [0.5, 0.6) is 5.75 Å². The van der Waals surface area contributed by atoms with Crippen LogP contribution >= 0.6 is 0 Å². The summed E-state index contributed by atoms with van der Waals surface area (Å²) in [4.78, 5) is 14.7. The SMILES string of the molecule is CN1CCC(Oc2ccc(-c3ccc(CC(=O)c4ccccc4)cc3)cc2)CC1. The first-order chi connectivity index (χ1) is 14.2. The number of hydrogen-bond donors (Lipinski definition) is 0. The van der Waals surface area contributed by atoms with Crippen LogP contribution in [-0.4, -0.2) is 36.9 Å². The monoisotopic (exact) mass is 385 g/mol. The highest BCUT2D eigenvalue weighted by Crippen LogP contribution is 2.25. The van der Waals surface area contributed by atoms with Gasteiger partial charge in [-0.05, 0) is 48.7 Å². The van der Waals surface area contributed by atoms with Crippen molar-refractivity contribution in [1.82, 2.24) is 4.90 Å². The molecule has 29 heavy (non-hydrogen) atoms. The Morgan fingerprint density at radius 3 is 2.07 bits per heavy atom. The molecule has 0 aromatic heterocycles. The van der Waals surface area contributed by atoms with Gasteiger partial charge in [0.25, 0.3) is 0 Å². The molecule has 0 saturated carbocycles. The first kappa shape index (κ1) is 19.4. The Morgan fingerprint density at radius 2 is 1.45 bits per heavy atom. The van der Waals surface area contributed by atoms with Gasteiger partial charge in [-0.15, -0.1) is 0 Å². The first-order valence-corrected chi connectivity index (χ1v) is 10.3.